The Morgan fingerprint density at radius 3 is 2.79 bits per heavy atom. The van der Waals surface area contributed by atoms with Gasteiger partial charge in [0.05, 0.1) is 12.3 Å². The Morgan fingerprint density at radius 2 is 2.07 bits per heavy atom. The number of nitrogens with one attached hydrogen (secondary N) is 3. The molecule has 29 heavy (non-hydrogen) atoms. The van der Waals surface area contributed by atoms with Gasteiger partial charge in [-0.05, 0) is 17.9 Å². The Bertz CT molecular complexity index is 939. The highest BCUT2D eigenvalue weighted by Crippen LogP contribution is 2.24. The molecular formula is C22H30N6O. The zero-order valence-electron chi connectivity index (χ0n) is 17.4. The fraction of sp³-hybridized carbons (Fsp3) is 0.455. The summed E-state index contributed by atoms with van der Waals surface area (Å²) < 4.78 is 7.35. The molecule has 4 rings (SSSR count). The summed E-state index contributed by atoms with van der Waals surface area (Å²) in [6.45, 7) is 6.79. The predicted molar refractivity (Wildman–Crippen MR) is 117 cm³/mol. The first-order valence-corrected chi connectivity index (χ1v) is 10.3. The van der Waals surface area contributed by atoms with E-state index in [1.54, 1.807) is 7.11 Å². The Morgan fingerprint density at radius 1 is 1.24 bits per heavy atom. The zero-order valence-corrected chi connectivity index (χ0v) is 17.4. The van der Waals surface area contributed by atoms with Gasteiger partial charge in [0.15, 0.2) is 5.65 Å². The van der Waals surface area contributed by atoms with E-state index in [-0.39, 0.29) is 0 Å². The maximum Gasteiger partial charge on any atom is 0.163 e. The van der Waals surface area contributed by atoms with Crippen molar-refractivity contribution < 1.29 is 4.74 Å². The van der Waals surface area contributed by atoms with E-state index in [9.17, 15) is 0 Å². The third-order valence-electron chi connectivity index (χ3n) is 5.48. The molecule has 154 valence electrons. The maximum atomic E-state index is 5.45. The number of ether oxygens (including phenoxy) is 1. The fourth-order valence-corrected chi connectivity index (χ4v) is 3.74. The molecule has 0 aliphatic carbocycles. The van der Waals surface area contributed by atoms with Crippen molar-refractivity contribution in [2.24, 2.45) is 0 Å². The van der Waals surface area contributed by atoms with Crippen molar-refractivity contribution in [1.82, 2.24) is 19.9 Å². The lowest BCUT2D eigenvalue weighted by atomic mass is 10.1. The van der Waals surface area contributed by atoms with Gasteiger partial charge in [0, 0.05) is 44.4 Å². The number of methoxy groups -OCH3 is 1. The normalized spacial score (nSPS) is 19.2. The smallest absolute Gasteiger partial charge is 0.163 e. The molecule has 3 aromatic rings. The Labute approximate surface area is 171 Å². The summed E-state index contributed by atoms with van der Waals surface area (Å²) >= 11 is 0. The molecule has 0 spiro atoms. The summed E-state index contributed by atoms with van der Waals surface area (Å²) in [6, 6.07) is 12.8. The predicted octanol–water partition coefficient (Wildman–Crippen LogP) is 3.25. The van der Waals surface area contributed by atoms with Gasteiger partial charge in [-0.25, -0.2) is 4.98 Å². The number of fused-ring (bicyclic) bond motifs is 1. The summed E-state index contributed by atoms with van der Waals surface area (Å²) in [5.74, 6) is 2.15. The minimum absolute atomic E-state index is 0.294. The van der Waals surface area contributed by atoms with Crippen LogP contribution in [0.3, 0.4) is 0 Å². The maximum absolute atomic E-state index is 5.45. The van der Waals surface area contributed by atoms with Crippen LogP contribution >= 0.6 is 0 Å². The van der Waals surface area contributed by atoms with Crippen LogP contribution in [-0.4, -0.2) is 46.9 Å². The van der Waals surface area contributed by atoms with Crippen molar-refractivity contribution in [2.75, 3.05) is 30.8 Å². The highest BCUT2D eigenvalue weighted by atomic mass is 16.5. The molecule has 7 heteroatoms. The number of aromatic nitrogens is 3. The Kier molecular flexibility index (Phi) is 5.97. The van der Waals surface area contributed by atoms with Crippen molar-refractivity contribution in [3.63, 3.8) is 0 Å². The van der Waals surface area contributed by atoms with Crippen molar-refractivity contribution in [3.05, 3.63) is 53.7 Å². The van der Waals surface area contributed by atoms with Crippen molar-refractivity contribution in [2.45, 2.75) is 44.9 Å². The van der Waals surface area contributed by atoms with Crippen molar-refractivity contribution in [1.29, 1.82) is 0 Å². The minimum atomic E-state index is 0.294. The van der Waals surface area contributed by atoms with Crippen molar-refractivity contribution >= 4 is 17.3 Å². The van der Waals surface area contributed by atoms with E-state index >= 15 is 0 Å². The number of anilines is 2. The SMILES string of the molecule is COC1CNC(CNc2cc(NCc3ccccc3)n3ncc(C(C)C)c3n2)C1. The fourth-order valence-electron chi connectivity index (χ4n) is 3.74. The second kappa shape index (κ2) is 8.80. The second-order valence-electron chi connectivity index (χ2n) is 7.94. The molecule has 2 atom stereocenters. The summed E-state index contributed by atoms with van der Waals surface area (Å²) in [5, 5.41) is 15.1. The molecule has 1 fully saturated rings. The molecule has 0 amide bonds. The zero-order chi connectivity index (χ0) is 20.2. The Hall–Kier alpha value is -2.64. The number of hydrogen-bond donors (Lipinski definition) is 3. The molecule has 1 saturated heterocycles. The molecule has 2 unspecified atom stereocenters. The lowest BCUT2D eigenvalue weighted by Gasteiger charge is -2.15. The molecule has 3 heterocycles. The quantitative estimate of drug-likeness (QED) is 0.545. The van der Waals surface area contributed by atoms with Gasteiger partial charge in [0.1, 0.15) is 11.6 Å². The van der Waals surface area contributed by atoms with Crippen LogP contribution in [0.4, 0.5) is 11.6 Å². The lowest BCUT2D eigenvalue weighted by Crippen LogP contribution is -2.29. The third kappa shape index (κ3) is 4.52. The number of rotatable bonds is 8. The van der Waals surface area contributed by atoms with Gasteiger partial charge in [-0.15, -0.1) is 0 Å². The largest absolute Gasteiger partial charge is 0.380 e. The topological polar surface area (TPSA) is 75.5 Å². The summed E-state index contributed by atoms with van der Waals surface area (Å²) in [5.41, 5.74) is 3.27. The van der Waals surface area contributed by atoms with Crippen LogP contribution < -0.4 is 16.0 Å². The highest BCUT2D eigenvalue weighted by molar-refractivity contribution is 5.61. The molecule has 3 N–H and O–H groups in total. The molecule has 1 aliphatic rings. The molecular weight excluding hydrogens is 364 g/mol. The van der Waals surface area contributed by atoms with E-state index in [0.717, 1.165) is 48.9 Å². The summed E-state index contributed by atoms with van der Waals surface area (Å²) in [6.07, 6.45) is 3.23. The molecule has 1 aromatic carbocycles. The molecule has 1 aliphatic heterocycles. The Balaban J connectivity index is 1.55. The number of benzene rings is 1. The van der Waals surface area contributed by atoms with E-state index in [4.69, 9.17) is 9.72 Å². The molecule has 0 saturated carbocycles. The van der Waals surface area contributed by atoms with Gasteiger partial charge < -0.3 is 20.7 Å². The standard InChI is InChI=1S/C22H30N6O/c1-15(2)19-14-26-28-21(25-11-16-7-5-4-6-8-16)10-20(27-22(19)28)24-12-17-9-18(29-3)13-23-17/h4-8,10,14-15,17-18,23,25H,9,11-13H2,1-3H3,(H,24,27). The minimum Gasteiger partial charge on any atom is -0.380 e. The van der Waals surface area contributed by atoms with Crippen LogP contribution in [0.15, 0.2) is 42.6 Å². The summed E-state index contributed by atoms with van der Waals surface area (Å²) in [4.78, 5) is 4.86. The monoisotopic (exact) mass is 394 g/mol. The van der Waals surface area contributed by atoms with E-state index < -0.39 is 0 Å². The molecule has 7 nitrogen and oxygen atoms in total. The van der Waals surface area contributed by atoms with Gasteiger partial charge in [0.25, 0.3) is 0 Å². The highest BCUT2D eigenvalue weighted by Gasteiger charge is 2.23. The van der Waals surface area contributed by atoms with Crippen LogP contribution in [0.2, 0.25) is 0 Å². The lowest BCUT2D eigenvalue weighted by molar-refractivity contribution is 0.117. The van der Waals surface area contributed by atoms with Gasteiger partial charge >= 0.3 is 0 Å². The number of nitrogens with zero attached hydrogens (tertiary/aromatic N) is 3. The first-order chi connectivity index (χ1) is 14.1. The van der Waals surface area contributed by atoms with Crippen molar-refractivity contribution in [3.8, 4) is 0 Å². The van der Waals surface area contributed by atoms with E-state index in [0.29, 0.717) is 18.1 Å². The second-order valence-corrected chi connectivity index (χ2v) is 7.94. The molecule has 0 bridgehead atoms. The first kappa shape index (κ1) is 19.7. The van der Waals surface area contributed by atoms with Crippen LogP contribution in [-0.2, 0) is 11.3 Å². The van der Waals surface area contributed by atoms with E-state index in [1.807, 2.05) is 22.8 Å². The molecule has 2 aromatic heterocycles. The average Bonchev–Trinajstić information content (AvgIpc) is 3.38. The van der Waals surface area contributed by atoms with Gasteiger partial charge in [0.2, 0.25) is 0 Å². The van der Waals surface area contributed by atoms with Gasteiger partial charge in [-0.2, -0.15) is 9.61 Å². The molecule has 0 radical (unpaired) electrons. The van der Waals surface area contributed by atoms with Crippen LogP contribution in [0, 0.1) is 0 Å². The summed E-state index contributed by atoms with van der Waals surface area (Å²) in [7, 11) is 1.77. The van der Waals surface area contributed by atoms with Crippen LogP contribution in [0.1, 0.15) is 37.3 Å². The van der Waals surface area contributed by atoms with Gasteiger partial charge in [-0.1, -0.05) is 44.2 Å². The van der Waals surface area contributed by atoms with Crippen LogP contribution in [0.25, 0.3) is 5.65 Å². The van der Waals surface area contributed by atoms with Crippen LogP contribution in [0.5, 0.6) is 0 Å². The van der Waals surface area contributed by atoms with E-state index in [2.05, 4.69) is 59.2 Å². The average molecular weight is 395 g/mol. The first-order valence-electron chi connectivity index (χ1n) is 10.3. The third-order valence-corrected chi connectivity index (χ3v) is 5.48. The van der Waals surface area contributed by atoms with Gasteiger partial charge in [-0.3, -0.25) is 0 Å². The number of hydrogen-bond acceptors (Lipinski definition) is 6. The van der Waals surface area contributed by atoms with E-state index in [1.165, 1.54) is 5.56 Å².